The Morgan fingerprint density at radius 1 is 1.67 bits per heavy atom. The largest absolute Gasteiger partial charge is 0.356 e. The van der Waals surface area contributed by atoms with E-state index in [0.29, 0.717) is 0 Å². The molecule has 1 fully saturated rings. The summed E-state index contributed by atoms with van der Waals surface area (Å²) in [5.41, 5.74) is 1.04. The molecule has 1 unspecified atom stereocenters. The second-order valence-corrected chi connectivity index (χ2v) is 3.06. The van der Waals surface area contributed by atoms with Crippen molar-refractivity contribution in [3.63, 3.8) is 0 Å². The monoisotopic (exact) mass is 165 g/mol. The van der Waals surface area contributed by atoms with E-state index in [9.17, 15) is 4.79 Å². The lowest BCUT2D eigenvalue weighted by Gasteiger charge is -2.02. The summed E-state index contributed by atoms with van der Waals surface area (Å²) in [4.78, 5) is 11.2. The molecule has 2 heterocycles. The van der Waals surface area contributed by atoms with Crippen LogP contribution >= 0.6 is 0 Å². The van der Waals surface area contributed by atoms with Crippen LogP contribution in [0, 0.1) is 5.92 Å². The first-order valence-corrected chi connectivity index (χ1v) is 4.12. The lowest BCUT2D eigenvalue weighted by Crippen LogP contribution is -2.20. The van der Waals surface area contributed by atoms with Gasteiger partial charge in [-0.15, -0.1) is 0 Å². The maximum absolute atomic E-state index is 11.2. The highest BCUT2D eigenvalue weighted by Gasteiger charge is 2.24. The number of nitrogens with one attached hydrogen (secondary N) is 2. The zero-order valence-corrected chi connectivity index (χ0v) is 6.71. The predicted octanol–water partition coefficient (Wildman–Crippen LogP) is 0.0883. The van der Waals surface area contributed by atoms with Crippen LogP contribution in [0.5, 0.6) is 0 Å². The van der Waals surface area contributed by atoms with Crippen molar-refractivity contribution in [2.75, 3.05) is 6.54 Å². The molecule has 2 rings (SSSR count). The second kappa shape index (κ2) is 2.97. The smallest absolute Gasteiger partial charge is 0.223 e. The molecule has 0 aliphatic carbocycles. The van der Waals surface area contributed by atoms with Gasteiger partial charge >= 0.3 is 0 Å². The molecule has 0 radical (unpaired) electrons. The van der Waals surface area contributed by atoms with Crippen LogP contribution in [0.1, 0.15) is 12.1 Å². The number of hydrogen-bond acceptors (Lipinski definition) is 2. The van der Waals surface area contributed by atoms with Crippen LogP contribution in [0.15, 0.2) is 12.3 Å². The summed E-state index contributed by atoms with van der Waals surface area (Å²) in [6.07, 6.45) is 3.44. The Bertz CT molecular complexity index is 268. The normalized spacial score (nSPS) is 22.7. The third-order valence-electron chi connectivity index (χ3n) is 2.19. The molecule has 1 aromatic rings. The number of carbonyl (C=O) groups is 1. The van der Waals surface area contributed by atoms with Crippen LogP contribution < -0.4 is 5.32 Å². The zero-order chi connectivity index (χ0) is 8.39. The Kier molecular flexibility index (Phi) is 1.81. The Morgan fingerprint density at radius 3 is 3.17 bits per heavy atom. The summed E-state index contributed by atoms with van der Waals surface area (Å²) in [7, 11) is 0. The van der Waals surface area contributed by atoms with Gasteiger partial charge in [0.1, 0.15) is 0 Å². The van der Waals surface area contributed by atoms with E-state index in [1.807, 2.05) is 6.07 Å². The Morgan fingerprint density at radius 2 is 2.58 bits per heavy atom. The average molecular weight is 165 g/mol. The van der Waals surface area contributed by atoms with Crippen molar-refractivity contribution in [2.45, 2.75) is 12.8 Å². The van der Waals surface area contributed by atoms with Gasteiger partial charge in [0.15, 0.2) is 0 Å². The fourth-order valence-electron chi connectivity index (χ4n) is 1.50. The van der Waals surface area contributed by atoms with Gasteiger partial charge in [-0.2, -0.15) is 5.10 Å². The van der Waals surface area contributed by atoms with Gasteiger partial charge in [0, 0.05) is 30.8 Å². The minimum Gasteiger partial charge on any atom is -0.356 e. The fourth-order valence-corrected chi connectivity index (χ4v) is 1.50. The highest BCUT2D eigenvalue weighted by molar-refractivity contribution is 5.80. The second-order valence-electron chi connectivity index (χ2n) is 3.06. The predicted molar refractivity (Wildman–Crippen MR) is 43.4 cm³/mol. The number of rotatable bonds is 2. The van der Waals surface area contributed by atoms with E-state index in [-0.39, 0.29) is 11.8 Å². The van der Waals surface area contributed by atoms with E-state index in [0.717, 1.165) is 25.1 Å². The van der Waals surface area contributed by atoms with Crippen molar-refractivity contribution in [3.8, 4) is 0 Å². The number of H-pyrrole nitrogens is 1. The lowest BCUT2D eigenvalue weighted by molar-refractivity contribution is -0.122. The number of amides is 1. The molecule has 1 saturated heterocycles. The molecule has 1 aromatic heterocycles. The van der Waals surface area contributed by atoms with Crippen molar-refractivity contribution < 1.29 is 4.79 Å². The van der Waals surface area contributed by atoms with Crippen molar-refractivity contribution >= 4 is 5.91 Å². The van der Waals surface area contributed by atoms with Crippen LogP contribution in [-0.2, 0) is 11.2 Å². The van der Waals surface area contributed by atoms with Gasteiger partial charge in [0.05, 0.1) is 0 Å². The van der Waals surface area contributed by atoms with Crippen LogP contribution in [0.4, 0.5) is 0 Å². The van der Waals surface area contributed by atoms with Gasteiger partial charge in [-0.3, -0.25) is 9.89 Å². The fraction of sp³-hybridized carbons (Fsp3) is 0.500. The number of nitrogens with zero attached hydrogens (tertiary/aromatic N) is 1. The first-order valence-electron chi connectivity index (χ1n) is 4.12. The topological polar surface area (TPSA) is 57.8 Å². The molecule has 0 saturated carbocycles. The van der Waals surface area contributed by atoms with Crippen molar-refractivity contribution in [1.82, 2.24) is 15.5 Å². The SMILES string of the molecule is O=C1NCCC1Cc1ccn[nH]1. The van der Waals surface area contributed by atoms with Gasteiger partial charge in [-0.05, 0) is 12.5 Å². The summed E-state index contributed by atoms with van der Waals surface area (Å²) in [6, 6.07) is 1.91. The quantitative estimate of drug-likeness (QED) is 0.652. The molecule has 1 amide bonds. The number of aromatic nitrogens is 2. The minimum atomic E-state index is 0.144. The van der Waals surface area contributed by atoms with Crippen molar-refractivity contribution in [3.05, 3.63) is 18.0 Å². The maximum atomic E-state index is 11.2. The van der Waals surface area contributed by atoms with Crippen molar-refractivity contribution in [1.29, 1.82) is 0 Å². The zero-order valence-electron chi connectivity index (χ0n) is 6.71. The van der Waals surface area contributed by atoms with E-state index in [4.69, 9.17) is 0 Å². The summed E-state index contributed by atoms with van der Waals surface area (Å²) >= 11 is 0. The number of carbonyl (C=O) groups excluding carboxylic acids is 1. The van der Waals surface area contributed by atoms with Gasteiger partial charge < -0.3 is 5.32 Å². The molecular formula is C8H11N3O. The Labute approximate surface area is 70.4 Å². The van der Waals surface area contributed by atoms with Crippen LogP contribution in [-0.4, -0.2) is 22.6 Å². The van der Waals surface area contributed by atoms with E-state index >= 15 is 0 Å². The summed E-state index contributed by atoms with van der Waals surface area (Å²) in [6.45, 7) is 0.817. The molecule has 64 valence electrons. The summed E-state index contributed by atoms with van der Waals surface area (Å²) in [5, 5.41) is 9.50. The maximum Gasteiger partial charge on any atom is 0.223 e. The first-order chi connectivity index (χ1) is 5.86. The van der Waals surface area contributed by atoms with Gasteiger partial charge in [-0.1, -0.05) is 0 Å². The first kappa shape index (κ1) is 7.34. The van der Waals surface area contributed by atoms with Crippen molar-refractivity contribution in [2.24, 2.45) is 5.92 Å². The van der Waals surface area contributed by atoms with Crippen LogP contribution in [0.2, 0.25) is 0 Å². The summed E-state index contributed by atoms with van der Waals surface area (Å²) in [5.74, 6) is 0.315. The summed E-state index contributed by atoms with van der Waals surface area (Å²) < 4.78 is 0. The molecule has 4 heteroatoms. The van der Waals surface area contributed by atoms with E-state index in [1.54, 1.807) is 6.20 Å². The Balaban J connectivity index is 1.99. The standard InChI is InChI=1S/C8H11N3O/c12-8-6(1-3-9-8)5-7-2-4-10-11-7/h2,4,6H,1,3,5H2,(H,9,12)(H,10,11). The highest BCUT2D eigenvalue weighted by atomic mass is 16.2. The number of aromatic amines is 1. The third-order valence-corrected chi connectivity index (χ3v) is 2.19. The Hall–Kier alpha value is -1.32. The molecule has 4 nitrogen and oxygen atoms in total. The van der Waals surface area contributed by atoms with Crippen LogP contribution in [0.3, 0.4) is 0 Å². The molecule has 0 spiro atoms. The van der Waals surface area contributed by atoms with Gasteiger partial charge in [0.25, 0.3) is 0 Å². The molecule has 1 aliphatic heterocycles. The molecular weight excluding hydrogens is 154 g/mol. The van der Waals surface area contributed by atoms with E-state index < -0.39 is 0 Å². The average Bonchev–Trinajstić information content (AvgIpc) is 2.65. The molecule has 0 aromatic carbocycles. The van der Waals surface area contributed by atoms with E-state index in [2.05, 4.69) is 15.5 Å². The number of hydrogen-bond donors (Lipinski definition) is 2. The van der Waals surface area contributed by atoms with Gasteiger partial charge in [-0.25, -0.2) is 0 Å². The van der Waals surface area contributed by atoms with E-state index in [1.165, 1.54) is 0 Å². The van der Waals surface area contributed by atoms with Crippen LogP contribution in [0.25, 0.3) is 0 Å². The lowest BCUT2D eigenvalue weighted by atomic mass is 10.0. The minimum absolute atomic E-state index is 0.144. The highest BCUT2D eigenvalue weighted by Crippen LogP contribution is 2.14. The molecule has 2 N–H and O–H groups in total. The molecule has 1 atom stereocenters. The van der Waals surface area contributed by atoms with Gasteiger partial charge in [0.2, 0.25) is 5.91 Å². The molecule has 1 aliphatic rings. The molecule has 0 bridgehead atoms. The molecule has 12 heavy (non-hydrogen) atoms. The third kappa shape index (κ3) is 1.32.